The topological polar surface area (TPSA) is 30.7 Å². The van der Waals surface area contributed by atoms with Crippen LogP contribution in [-0.2, 0) is 6.18 Å². The molecule has 0 aliphatic carbocycles. The van der Waals surface area contributed by atoms with Crippen LogP contribution in [0.25, 0.3) is 16.9 Å². The van der Waals surface area contributed by atoms with Crippen LogP contribution < -0.4 is 0 Å². The lowest BCUT2D eigenvalue weighted by Crippen LogP contribution is -2.15. The number of aryl methyl sites for hydroxylation is 1. The SMILES string of the molecule is Cc1cccnc1-n1c(C(F)(F)F)nc2ccccc21. The first kappa shape index (κ1) is 12.7. The molecular formula is C14H10F3N3. The Kier molecular flexibility index (Phi) is 2.74. The Morgan fingerprint density at radius 1 is 1.05 bits per heavy atom. The molecule has 3 aromatic rings. The molecule has 3 rings (SSSR count). The highest BCUT2D eigenvalue weighted by Gasteiger charge is 2.38. The van der Waals surface area contributed by atoms with E-state index >= 15 is 0 Å². The Morgan fingerprint density at radius 3 is 2.50 bits per heavy atom. The molecule has 0 spiro atoms. The number of imidazole rings is 1. The maximum Gasteiger partial charge on any atom is 0.450 e. The molecule has 6 heteroatoms. The smallest absolute Gasteiger partial charge is 0.272 e. The zero-order valence-corrected chi connectivity index (χ0v) is 10.5. The molecule has 2 heterocycles. The van der Waals surface area contributed by atoms with Crippen molar-refractivity contribution in [1.82, 2.24) is 14.5 Å². The van der Waals surface area contributed by atoms with Crippen molar-refractivity contribution in [2.24, 2.45) is 0 Å². The third-order valence-electron chi connectivity index (χ3n) is 3.01. The second-order valence-electron chi connectivity index (χ2n) is 4.40. The van der Waals surface area contributed by atoms with Crippen LogP contribution in [0.5, 0.6) is 0 Å². The van der Waals surface area contributed by atoms with Crippen molar-refractivity contribution in [3.63, 3.8) is 0 Å². The molecule has 2 aromatic heterocycles. The third-order valence-corrected chi connectivity index (χ3v) is 3.01. The van der Waals surface area contributed by atoms with Gasteiger partial charge in [0.2, 0.25) is 5.82 Å². The summed E-state index contributed by atoms with van der Waals surface area (Å²) in [7, 11) is 0. The summed E-state index contributed by atoms with van der Waals surface area (Å²) in [6.45, 7) is 1.72. The fourth-order valence-corrected chi connectivity index (χ4v) is 2.14. The summed E-state index contributed by atoms with van der Waals surface area (Å²) in [6.07, 6.45) is -3.07. The lowest BCUT2D eigenvalue weighted by atomic mass is 10.2. The van der Waals surface area contributed by atoms with Crippen LogP contribution >= 0.6 is 0 Å². The summed E-state index contributed by atoms with van der Waals surface area (Å²) < 4.78 is 40.6. The van der Waals surface area contributed by atoms with Gasteiger partial charge in [0.25, 0.3) is 0 Å². The minimum atomic E-state index is -4.54. The van der Waals surface area contributed by atoms with E-state index in [0.29, 0.717) is 16.6 Å². The molecule has 0 radical (unpaired) electrons. The Bertz CT molecular complexity index is 775. The number of nitrogens with zero attached hydrogens (tertiary/aromatic N) is 3. The van der Waals surface area contributed by atoms with Crippen molar-refractivity contribution in [3.05, 3.63) is 54.0 Å². The van der Waals surface area contributed by atoms with E-state index in [1.54, 1.807) is 43.3 Å². The minimum absolute atomic E-state index is 0.244. The Labute approximate surface area is 112 Å². The molecule has 0 atom stereocenters. The van der Waals surface area contributed by atoms with Crippen LogP contribution in [0.4, 0.5) is 13.2 Å². The Balaban J connectivity index is 2.41. The number of fused-ring (bicyclic) bond motifs is 1. The monoisotopic (exact) mass is 277 g/mol. The largest absolute Gasteiger partial charge is 0.450 e. The van der Waals surface area contributed by atoms with Crippen molar-refractivity contribution >= 4 is 11.0 Å². The van der Waals surface area contributed by atoms with Gasteiger partial charge in [-0.2, -0.15) is 13.2 Å². The van der Waals surface area contributed by atoms with Crippen LogP contribution in [0.15, 0.2) is 42.6 Å². The molecule has 0 amide bonds. The fraction of sp³-hybridized carbons (Fsp3) is 0.143. The number of pyridine rings is 1. The van der Waals surface area contributed by atoms with Gasteiger partial charge in [0.1, 0.15) is 5.82 Å². The van der Waals surface area contributed by atoms with E-state index in [0.717, 1.165) is 4.57 Å². The zero-order valence-electron chi connectivity index (χ0n) is 10.5. The van der Waals surface area contributed by atoms with Gasteiger partial charge in [-0.05, 0) is 30.7 Å². The summed E-state index contributed by atoms with van der Waals surface area (Å²) >= 11 is 0. The molecule has 0 saturated heterocycles. The van der Waals surface area contributed by atoms with Crippen molar-refractivity contribution in [2.45, 2.75) is 13.1 Å². The summed E-state index contributed by atoms with van der Waals surface area (Å²) in [5.74, 6) is -0.714. The maximum absolute atomic E-state index is 13.2. The second kappa shape index (κ2) is 4.33. The Morgan fingerprint density at radius 2 is 1.80 bits per heavy atom. The minimum Gasteiger partial charge on any atom is -0.272 e. The lowest BCUT2D eigenvalue weighted by molar-refractivity contribution is -0.145. The van der Waals surface area contributed by atoms with Gasteiger partial charge in [-0.15, -0.1) is 0 Å². The molecule has 0 N–H and O–H groups in total. The standard InChI is InChI=1S/C14H10F3N3/c1-9-5-4-8-18-12(9)20-11-7-3-2-6-10(11)19-13(20)14(15,16)17/h2-8H,1H3. The van der Waals surface area contributed by atoms with Crippen molar-refractivity contribution in [3.8, 4) is 5.82 Å². The predicted molar refractivity (Wildman–Crippen MR) is 68.6 cm³/mol. The molecule has 1 aromatic carbocycles. The molecule has 102 valence electrons. The van der Waals surface area contributed by atoms with Crippen molar-refractivity contribution in [1.29, 1.82) is 0 Å². The number of aromatic nitrogens is 3. The molecule has 0 unspecified atom stereocenters. The zero-order chi connectivity index (χ0) is 14.3. The quantitative estimate of drug-likeness (QED) is 0.678. The van der Waals surface area contributed by atoms with Gasteiger partial charge in [0.15, 0.2) is 0 Å². The number of alkyl halides is 3. The predicted octanol–water partition coefficient (Wildman–Crippen LogP) is 3.75. The molecule has 0 aliphatic rings. The summed E-state index contributed by atoms with van der Waals surface area (Å²) in [4.78, 5) is 7.77. The first-order valence-corrected chi connectivity index (χ1v) is 5.95. The van der Waals surface area contributed by atoms with E-state index in [4.69, 9.17) is 0 Å². The number of benzene rings is 1. The summed E-state index contributed by atoms with van der Waals surface area (Å²) in [5.41, 5.74) is 1.34. The number of hydrogen-bond acceptors (Lipinski definition) is 2. The lowest BCUT2D eigenvalue weighted by Gasteiger charge is -2.12. The highest BCUT2D eigenvalue weighted by atomic mass is 19.4. The Hall–Kier alpha value is -2.37. The summed E-state index contributed by atoms with van der Waals surface area (Å²) in [5, 5.41) is 0. The van der Waals surface area contributed by atoms with Gasteiger partial charge in [0, 0.05) is 6.20 Å². The van der Waals surface area contributed by atoms with Gasteiger partial charge < -0.3 is 0 Å². The highest BCUT2D eigenvalue weighted by molar-refractivity contribution is 5.78. The van der Waals surface area contributed by atoms with Gasteiger partial charge in [-0.3, -0.25) is 4.57 Å². The van der Waals surface area contributed by atoms with Crippen LogP contribution in [0.1, 0.15) is 11.4 Å². The second-order valence-corrected chi connectivity index (χ2v) is 4.40. The average molecular weight is 277 g/mol. The number of para-hydroxylation sites is 2. The van der Waals surface area contributed by atoms with Crippen LogP contribution in [0, 0.1) is 6.92 Å². The van der Waals surface area contributed by atoms with Crippen molar-refractivity contribution < 1.29 is 13.2 Å². The molecular weight excluding hydrogens is 267 g/mol. The third kappa shape index (κ3) is 1.93. The van der Waals surface area contributed by atoms with E-state index in [1.807, 2.05) is 0 Å². The number of halogens is 3. The van der Waals surface area contributed by atoms with Crippen LogP contribution in [0.3, 0.4) is 0 Å². The van der Waals surface area contributed by atoms with E-state index in [2.05, 4.69) is 9.97 Å². The van der Waals surface area contributed by atoms with E-state index in [9.17, 15) is 13.2 Å². The average Bonchev–Trinajstić information content (AvgIpc) is 2.79. The molecule has 0 fully saturated rings. The molecule has 3 nitrogen and oxygen atoms in total. The van der Waals surface area contributed by atoms with E-state index < -0.39 is 12.0 Å². The maximum atomic E-state index is 13.2. The van der Waals surface area contributed by atoms with E-state index in [-0.39, 0.29) is 5.82 Å². The van der Waals surface area contributed by atoms with Gasteiger partial charge in [0.05, 0.1) is 11.0 Å². The molecule has 0 bridgehead atoms. The summed E-state index contributed by atoms with van der Waals surface area (Å²) in [6, 6.07) is 9.90. The van der Waals surface area contributed by atoms with Gasteiger partial charge in [-0.25, -0.2) is 9.97 Å². The van der Waals surface area contributed by atoms with Crippen LogP contribution in [-0.4, -0.2) is 14.5 Å². The molecule has 0 saturated carbocycles. The first-order chi connectivity index (χ1) is 9.48. The fourth-order valence-electron chi connectivity index (χ4n) is 2.14. The highest BCUT2D eigenvalue weighted by Crippen LogP contribution is 2.33. The van der Waals surface area contributed by atoms with Gasteiger partial charge >= 0.3 is 6.18 Å². The van der Waals surface area contributed by atoms with E-state index in [1.165, 1.54) is 6.20 Å². The number of rotatable bonds is 1. The molecule has 20 heavy (non-hydrogen) atoms. The first-order valence-electron chi connectivity index (χ1n) is 5.95. The van der Waals surface area contributed by atoms with Crippen molar-refractivity contribution in [2.75, 3.05) is 0 Å². The number of hydrogen-bond donors (Lipinski definition) is 0. The molecule has 0 aliphatic heterocycles. The normalized spacial score (nSPS) is 12.0. The van der Waals surface area contributed by atoms with Gasteiger partial charge in [-0.1, -0.05) is 18.2 Å². The van der Waals surface area contributed by atoms with Crippen LogP contribution in [0.2, 0.25) is 0 Å².